The fourth-order valence-corrected chi connectivity index (χ4v) is 2.22. The molecule has 1 amide bonds. The van der Waals surface area contributed by atoms with Gasteiger partial charge in [0.05, 0.1) is 19.2 Å². The predicted octanol–water partition coefficient (Wildman–Crippen LogP) is 2.47. The molecule has 23 heavy (non-hydrogen) atoms. The molecule has 2 aromatic rings. The maximum Gasteiger partial charge on any atom is 0.321 e. The highest BCUT2D eigenvalue weighted by Crippen LogP contribution is 2.16. The van der Waals surface area contributed by atoms with Crippen LogP contribution in [0.15, 0.2) is 41.0 Å². The molecule has 0 aliphatic rings. The maximum atomic E-state index is 12.1. The van der Waals surface area contributed by atoms with Gasteiger partial charge in [0.25, 0.3) is 0 Å². The Morgan fingerprint density at radius 2 is 2.04 bits per heavy atom. The second-order valence-corrected chi connectivity index (χ2v) is 5.42. The largest absolute Gasteiger partial charge is 0.480 e. The van der Waals surface area contributed by atoms with E-state index in [9.17, 15) is 14.7 Å². The quantitative estimate of drug-likeness (QED) is 0.730. The van der Waals surface area contributed by atoms with Crippen molar-refractivity contribution in [3.63, 3.8) is 0 Å². The van der Waals surface area contributed by atoms with Crippen LogP contribution in [-0.2, 0) is 16.1 Å². The lowest BCUT2D eigenvalue weighted by molar-refractivity contribution is -0.141. The van der Waals surface area contributed by atoms with E-state index < -0.39 is 12.0 Å². The summed E-state index contributed by atoms with van der Waals surface area (Å²) in [6.45, 7) is 4.12. The lowest BCUT2D eigenvalue weighted by Gasteiger charge is -2.14. The van der Waals surface area contributed by atoms with Crippen LogP contribution < -0.4 is 10.6 Å². The average Bonchev–Trinajstić information content (AvgIpc) is 2.99. The van der Waals surface area contributed by atoms with E-state index in [0.29, 0.717) is 11.4 Å². The summed E-state index contributed by atoms with van der Waals surface area (Å²) in [5.74, 6) is -0.810. The molecule has 0 aliphatic carbocycles. The molecule has 1 atom stereocenters. The number of carboxylic acid groups (broad SMARTS) is 1. The highest BCUT2D eigenvalue weighted by molar-refractivity contribution is 5.94. The van der Waals surface area contributed by atoms with Crippen LogP contribution in [-0.4, -0.2) is 23.0 Å². The van der Waals surface area contributed by atoms with E-state index >= 15 is 0 Å². The first-order valence-electron chi connectivity index (χ1n) is 7.31. The molecular formula is C17H20N2O4. The number of aryl methyl sites for hydroxylation is 2. The molecule has 0 unspecified atom stereocenters. The number of amides is 1. The summed E-state index contributed by atoms with van der Waals surface area (Å²) in [5, 5.41) is 14.8. The topological polar surface area (TPSA) is 91.6 Å². The molecule has 6 nitrogen and oxygen atoms in total. The molecule has 0 radical (unpaired) electrons. The van der Waals surface area contributed by atoms with Crippen LogP contribution in [0.5, 0.6) is 0 Å². The van der Waals surface area contributed by atoms with Crippen molar-refractivity contribution in [2.45, 2.75) is 32.9 Å². The molecule has 1 heterocycles. The Labute approximate surface area is 134 Å². The van der Waals surface area contributed by atoms with Crippen LogP contribution in [0.2, 0.25) is 0 Å². The van der Waals surface area contributed by atoms with Crippen LogP contribution in [0.1, 0.15) is 23.3 Å². The third kappa shape index (κ3) is 4.96. The van der Waals surface area contributed by atoms with E-state index in [1.54, 1.807) is 12.1 Å². The van der Waals surface area contributed by atoms with Gasteiger partial charge >= 0.3 is 5.97 Å². The van der Waals surface area contributed by atoms with Gasteiger partial charge in [-0.25, -0.2) is 0 Å². The van der Waals surface area contributed by atoms with E-state index in [1.165, 1.54) is 6.26 Å². The first-order chi connectivity index (χ1) is 11.0. The van der Waals surface area contributed by atoms with Gasteiger partial charge in [0.1, 0.15) is 11.8 Å². The van der Waals surface area contributed by atoms with Gasteiger partial charge < -0.3 is 14.8 Å². The number of carbonyl (C=O) groups is 2. The van der Waals surface area contributed by atoms with Gasteiger partial charge in [0.15, 0.2) is 0 Å². The minimum absolute atomic E-state index is 0.163. The minimum Gasteiger partial charge on any atom is -0.480 e. The second-order valence-electron chi connectivity index (χ2n) is 5.42. The van der Waals surface area contributed by atoms with Crippen molar-refractivity contribution < 1.29 is 19.1 Å². The first kappa shape index (κ1) is 16.8. The molecule has 3 N–H and O–H groups in total. The fourth-order valence-electron chi connectivity index (χ4n) is 2.22. The van der Waals surface area contributed by atoms with Gasteiger partial charge in [0, 0.05) is 5.69 Å². The number of hydrogen-bond donors (Lipinski definition) is 3. The first-order valence-corrected chi connectivity index (χ1v) is 7.31. The van der Waals surface area contributed by atoms with E-state index in [4.69, 9.17) is 4.42 Å². The summed E-state index contributed by atoms with van der Waals surface area (Å²) in [4.78, 5) is 23.4. The van der Waals surface area contributed by atoms with Crippen molar-refractivity contribution in [1.29, 1.82) is 0 Å². The van der Waals surface area contributed by atoms with Crippen LogP contribution in [0.4, 0.5) is 5.69 Å². The van der Waals surface area contributed by atoms with E-state index in [1.807, 2.05) is 32.0 Å². The molecule has 0 aliphatic heterocycles. The Balaban J connectivity index is 1.93. The zero-order valence-corrected chi connectivity index (χ0v) is 13.1. The third-order valence-corrected chi connectivity index (χ3v) is 3.45. The molecule has 0 bridgehead atoms. The van der Waals surface area contributed by atoms with Crippen molar-refractivity contribution in [3.8, 4) is 0 Å². The third-order valence-electron chi connectivity index (χ3n) is 3.45. The summed E-state index contributed by atoms with van der Waals surface area (Å²) in [5.41, 5.74) is 2.73. The number of aliphatic carboxylic acids is 1. The number of rotatable bonds is 7. The van der Waals surface area contributed by atoms with Crippen molar-refractivity contribution >= 4 is 17.6 Å². The standard InChI is InChI=1S/C17H20N2O4/c1-11-5-6-14(12(2)8-11)19-16(20)9-15(17(21)22)18-10-13-4-3-7-23-13/h3-8,15,18H,9-10H2,1-2H3,(H,19,20)(H,21,22)/t15-/m0/s1. The maximum absolute atomic E-state index is 12.1. The normalized spacial score (nSPS) is 11.9. The second kappa shape index (κ2) is 7.60. The SMILES string of the molecule is Cc1ccc(NC(=O)C[C@H](NCc2ccco2)C(=O)O)c(C)c1. The molecule has 0 saturated carbocycles. The number of carbonyl (C=O) groups excluding carboxylic acids is 1. The summed E-state index contributed by atoms with van der Waals surface area (Å²) in [6.07, 6.45) is 1.35. The minimum atomic E-state index is -1.08. The summed E-state index contributed by atoms with van der Waals surface area (Å²) in [6, 6.07) is 8.15. The highest BCUT2D eigenvalue weighted by Gasteiger charge is 2.21. The Hall–Kier alpha value is -2.60. The van der Waals surface area contributed by atoms with Crippen molar-refractivity contribution in [2.75, 3.05) is 5.32 Å². The molecule has 2 rings (SSSR count). The number of benzene rings is 1. The molecule has 122 valence electrons. The molecule has 6 heteroatoms. The van der Waals surface area contributed by atoms with E-state index in [0.717, 1.165) is 11.1 Å². The van der Waals surface area contributed by atoms with Gasteiger partial charge in [-0.05, 0) is 37.6 Å². The van der Waals surface area contributed by atoms with Gasteiger partial charge in [0.2, 0.25) is 5.91 Å². The lowest BCUT2D eigenvalue weighted by atomic mass is 10.1. The zero-order chi connectivity index (χ0) is 16.8. The number of hydrogen-bond acceptors (Lipinski definition) is 4. The summed E-state index contributed by atoms with van der Waals surface area (Å²) < 4.78 is 5.14. The zero-order valence-electron chi connectivity index (χ0n) is 13.1. The van der Waals surface area contributed by atoms with Gasteiger partial charge in [-0.3, -0.25) is 14.9 Å². The van der Waals surface area contributed by atoms with Crippen molar-refractivity contribution in [2.24, 2.45) is 0 Å². The number of nitrogens with one attached hydrogen (secondary N) is 2. The van der Waals surface area contributed by atoms with Gasteiger partial charge in [-0.2, -0.15) is 0 Å². The Bertz CT molecular complexity index is 680. The van der Waals surface area contributed by atoms with E-state index in [2.05, 4.69) is 10.6 Å². The number of carboxylic acids is 1. The predicted molar refractivity (Wildman–Crippen MR) is 86.1 cm³/mol. The molecule has 1 aromatic carbocycles. The molecule has 1 aromatic heterocycles. The summed E-state index contributed by atoms with van der Waals surface area (Å²) >= 11 is 0. The van der Waals surface area contributed by atoms with Gasteiger partial charge in [-0.15, -0.1) is 0 Å². The lowest BCUT2D eigenvalue weighted by Crippen LogP contribution is -2.39. The Morgan fingerprint density at radius 1 is 1.26 bits per heavy atom. The monoisotopic (exact) mass is 316 g/mol. The highest BCUT2D eigenvalue weighted by atomic mass is 16.4. The van der Waals surface area contributed by atoms with Crippen molar-refractivity contribution in [3.05, 3.63) is 53.5 Å². The average molecular weight is 316 g/mol. The van der Waals surface area contributed by atoms with E-state index in [-0.39, 0.29) is 18.9 Å². The van der Waals surface area contributed by atoms with Gasteiger partial charge in [-0.1, -0.05) is 17.7 Å². The van der Waals surface area contributed by atoms with Crippen LogP contribution in [0.3, 0.4) is 0 Å². The van der Waals surface area contributed by atoms with Crippen LogP contribution in [0.25, 0.3) is 0 Å². The van der Waals surface area contributed by atoms with Crippen molar-refractivity contribution in [1.82, 2.24) is 5.32 Å². The Kier molecular flexibility index (Phi) is 5.54. The summed E-state index contributed by atoms with van der Waals surface area (Å²) in [7, 11) is 0. The van der Waals surface area contributed by atoms with Crippen LogP contribution >= 0.6 is 0 Å². The number of anilines is 1. The van der Waals surface area contributed by atoms with Crippen LogP contribution in [0, 0.1) is 13.8 Å². The Morgan fingerprint density at radius 3 is 2.65 bits per heavy atom. The smallest absolute Gasteiger partial charge is 0.321 e. The molecule has 0 saturated heterocycles. The fraction of sp³-hybridized carbons (Fsp3) is 0.294. The molecular weight excluding hydrogens is 296 g/mol. The molecule has 0 spiro atoms. The molecule has 0 fully saturated rings. The number of furan rings is 1.